The first kappa shape index (κ1) is 16.3. The molecule has 0 bridgehead atoms. The second-order valence-electron chi connectivity index (χ2n) is 5.41. The number of alkyl halides is 2. The minimum Gasteiger partial charge on any atom is -0.481 e. The van der Waals surface area contributed by atoms with Crippen LogP contribution in [0.15, 0.2) is 0 Å². The Morgan fingerprint density at radius 1 is 1.47 bits per heavy atom. The number of carboxylic acids is 1. The second kappa shape index (κ2) is 7.75. The molecule has 1 heterocycles. The van der Waals surface area contributed by atoms with Crippen LogP contribution in [0.4, 0.5) is 8.78 Å². The average Bonchev–Trinajstić information content (AvgIpc) is 2.34. The Morgan fingerprint density at radius 2 is 2.16 bits per heavy atom. The van der Waals surface area contributed by atoms with Crippen LogP contribution in [0.25, 0.3) is 0 Å². The number of hydrogen-bond donors (Lipinski definition) is 2. The van der Waals surface area contributed by atoms with Gasteiger partial charge >= 0.3 is 5.97 Å². The first-order valence-electron chi connectivity index (χ1n) is 6.89. The number of hydrogen-bond acceptors (Lipinski definition) is 3. The van der Waals surface area contributed by atoms with Gasteiger partial charge in [-0.3, -0.25) is 9.69 Å². The normalized spacial score (nSPS) is 26.6. The lowest BCUT2D eigenvalue weighted by atomic mass is 9.90. The summed E-state index contributed by atoms with van der Waals surface area (Å²) < 4.78 is 24.5. The first-order chi connectivity index (χ1) is 8.92. The number of halogens is 2. The fourth-order valence-corrected chi connectivity index (χ4v) is 2.66. The lowest BCUT2D eigenvalue weighted by Gasteiger charge is -2.40. The lowest BCUT2D eigenvalue weighted by Crippen LogP contribution is -2.52. The van der Waals surface area contributed by atoms with Crippen LogP contribution in [0.5, 0.6) is 0 Å². The molecule has 112 valence electrons. The fraction of sp³-hybridized carbons (Fsp3) is 0.923. The molecule has 1 saturated heterocycles. The zero-order valence-corrected chi connectivity index (χ0v) is 11.6. The molecule has 19 heavy (non-hydrogen) atoms. The summed E-state index contributed by atoms with van der Waals surface area (Å²) in [6.07, 6.45) is -0.621. The molecular weight excluding hydrogens is 254 g/mol. The first-order valence-corrected chi connectivity index (χ1v) is 6.89. The van der Waals surface area contributed by atoms with E-state index in [0.29, 0.717) is 12.5 Å². The molecule has 1 aliphatic heterocycles. The highest BCUT2D eigenvalue weighted by atomic mass is 19.3. The van der Waals surface area contributed by atoms with E-state index in [9.17, 15) is 13.6 Å². The number of nitrogens with one attached hydrogen (secondary N) is 1. The summed E-state index contributed by atoms with van der Waals surface area (Å²) in [6.45, 7) is 5.31. The smallest absolute Gasteiger partial charge is 0.303 e. The fourth-order valence-electron chi connectivity index (χ4n) is 2.66. The molecule has 0 aromatic carbocycles. The van der Waals surface area contributed by atoms with E-state index >= 15 is 0 Å². The van der Waals surface area contributed by atoms with Gasteiger partial charge in [-0.15, -0.1) is 0 Å². The van der Waals surface area contributed by atoms with Crippen LogP contribution in [0.1, 0.15) is 33.1 Å². The van der Waals surface area contributed by atoms with Crippen molar-refractivity contribution in [3.8, 4) is 0 Å². The third-order valence-electron chi connectivity index (χ3n) is 3.80. The summed E-state index contributed by atoms with van der Waals surface area (Å²) in [5.41, 5.74) is 0. The van der Waals surface area contributed by atoms with Crippen molar-refractivity contribution >= 4 is 5.97 Å². The van der Waals surface area contributed by atoms with Gasteiger partial charge < -0.3 is 10.4 Å². The molecule has 0 radical (unpaired) electrons. The molecule has 4 nitrogen and oxygen atoms in total. The number of piperidine rings is 1. The van der Waals surface area contributed by atoms with Gasteiger partial charge in [0, 0.05) is 31.6 Å². The Kier molecular flexibility index (Phi) is 6.65. The van der Waals surface area contributed by atoms with E-state index in [1.54, 1.807) is 0 Å². The lowest BCUT2D eigenvalue weighted by molar-refractivity contribution is -0.138. The van der Waals surface area contributed by atoms with Crippen LogP contribution in [0, 0.1) is 5.92 Å². The molecule has 0 saturated carbocycles. The van der Waals surface area contributed by atoms with Gasteiger partial charge in [0.2, 0.25) is 0 Å². The summed E-state index contributed by atoms with van der Waals surface area (Å²) in [5, 5.41) is 11.7. The highest BCUT2D eigenvalue weighted by Crippen LogP contribution is 2.22. The third kappa shape index (κ3) is 5.82. The number of likely N-dealkylation sites (tertiary alicyclic amines) is 1. The van der Waals surface area contributed by atoms with Crippen LogP contribution in [0.3, 0.4) is 0 Å². The molecule has 0 aromatic heterocycles. The molecule has 2 N–H and O–H groups in total. The number of rotatable bonds is 7. The van der Waals surface area contributed by atoms with E-state index in [2.05, 4.69) is 24.1 Å². The minimum atomic E-state index is -2.36. The Morgan fingerprint density at radius 3 is 2.68 bits per heavy atom. The van der Waals surface area contributed by atoms with Crippen LogP contribution in [-0.4, -0.2) is 54.1 Å². The predicted octanol–water partition coefficient (Wildman–Crippen LogP) is 1.80. The summed E-state index contributed by atoms with van der Waals surface area (Å²) in [6, 6.07) is 0.313. The van der Waals surface area contributed by atoms with E-state index < -0.39 is 12.4 Å². The molecule has 0 amide bonds. The SMILES string of the molecule is CCC(C)N1CC(CC(=O)O)CC(NCC(F)F)C1. The van der Waals surface area contributed by atoms with Gasteiger partial charge in [0.05, 0.1) is 6.54 Å². The third-order valence-corrected chi connectivity index (χ3v) is 3.80. The van der Waals surface area contributed by atoms with Crippen molar-refractivity contribution in [1.82, 2.24) is 10.2 Å². The molecule has 0 spiro atoms. The topological polar surface area (TPSA) is 52.6 Å². The van der Waals surface area contributed by atoms with Gasteiger partial charge in [-0.2, -0.15) is 0 Å². The van der Waals surface area contributed by atoms with Gasteiger partial charge in [-0.25, -0.2) is 8.78 Å². The highest BCUT2D eigenvalue weighted by molar-refractivity contribution is 5.67. The maximum absolute atomic E-state index is 12.2. The van der Waals surface area contributed by atoms with Crippen molar-refractivity contribution in [2.45, 2.75) is 51.6 Å². The van der Waals surface area contributed by atoms with E-state index in [0.717, 1.165) is 19.5 Å². The Hall–Kier alpha value is -0.750. The van der Waals surface area contributed by atoms with Crippen molar-refractivity contribution in [1.29, 1.82) is 0 Å². The Balaban J connectivity index is 2.58. The maximum atomic E-state index is 12.2. The van der Waals surface area contributed by atoms with Gasteiger partial charge in [0.15, 0.2) is 0 Å². The van der Waals surface area contributed by atoms with Crippen molar-refractivity contribution in [3.05, 3.63) is 0 Å². The van der Waals surface area contributed by atoms with Gasteiger partial charge in [-0.05, 0) is 25.7 Å². The van der Waals surface area contributed by atoms with Crippen LogP contribution < -0.4 is 5.32 Å². The summed E-state index contributed by atoms with van der Waals surface area (Å²) in [7, 11) is 0. The van der Waals surface area contributed by atoms with E-state index in [-0.39, 0.29) is 24.9 Å². The second-order valence-corrected chi connectivity index (χ2v) is 5.41. The van der Waals surface area contributed by atoms with Crippen molar-refractivity contribution < 1.29 is 18.7 Å². The number of carbonyl (C=O) groups is 1. The van der Waals surface area contributed by atoms with E-state index in [1.807, 2.05) is 0 Å². The molecule has 1 fully saturated rings. The summed E-state index contributed by atoms with van der Waals surface area (Å²) in [5.74, 6) is -0.779. The minimum absolute atomic E-state index is 0.0374. The molecule has 0 aliphatic carbocycles. The number of carboxylic acid groups (broad SMARTS) is 1. The molecule has 3 atom stereocenters. The van der Waals surface area contributed by atoms with Gasteiger partial charge in [-0.1, -0.05) is 6.92 Å². The predicted molar refractivity (Wildman–Crippen MR) is 69.5 cm³/mol. The molecule has 6 heteroatoms. The van der Waals surface area contributed by atoms with Crippen molar-refractivity contribution in [2.75, 3.05) is 19.6 Å². The quantitative estimate of drug-likeness (QED) is 0.745. The van der Waals surface area contributed by atoms with Gasteiger partial charge in [0.25, 0.3) is 6.43 Å². The highest BCUT2D eigenvalue weighted by Gasteiger charge is 2.30. The van der Waals surface area contributed by atoms with Crippen molar-refractivity contribution in [2.24, 2.45) is 5.92 Å². The molecule has 0 aromatic rings. The zero-order chi connectivity index (χ0) is 14.4. The number of aliphatic carboxylic acids is 1. The van der Waals surface area contributed by atoms with Crippen LogP contribution in [-0.2, 0) is 4.79 Å². The average molecular weight is 278 g/mol. The maximum Gasteiger partial charge on any atom is 0.303 e. The number of nitrogens with zero attached hydrogens (tertiary/aromatic N) is 1. The van der Waals surface area contributed by atoms with Gasteiger partial charge in [0.1, 0.15) is 0 Å². The standard InChI is InChI=1S/C13H24F2N2O2/c1-3-9(2)17-7-10(5-13(18)19)4-11(8-17)16-6-12(14)15/h9-12,16H,3-8H2,1-2H3,(H,18,19). The van der Waals surface area contributed by atoms with Crippen LogP contribution in [0.2, 0.25) is 0 Å². The van der Waals surface area contributed by atoms with Crippen LogP contribution >= 0.6 is 0 Å². The summed E-state index contributed by atoms with van der Waals surface area (Å²) in [4.78, 5) is 13.0. The van der Waals surface area contributed by atoms with Crippen molar-refractivity contribution in [3.63, 3.8) is 0 Å². The largest absolute Gasteiger partial charge is 0.481 e. The Bertz CT molecular complexity index is 290. The van der Waals surface area contributed by atoms with E-state index in [4.69, 9.17) is 5.11 Å². The molecular formula is C13H24F2N2O2. The van der Waals surface area contributed by atoms with E-state index in [1.165, 1.54) is 0 Å². The molecule has 1 aliphatic rings. The molecule has 1 rings (SSSR count). The summed E-state index contributed by atoms with van der Waals surface area (Å²) >= 11 is 0. The monoisotopic (exact) mass is 278 g/mol. The zero-order valence-electron chi connectivity index (χ0n) is 11.6. The Labute approximate surface area is 113 Å². The molecule has 3 unspecified atom stereocenters.